The fraction of sp³-hybridized carbons (Fsp3) is 0.108. The van der Waals surface area contributed by atoms with Crippen LogP contribution in [-0.2, 0) is 29.9 Å². The first kappa shape index (κ1) is 30.7. The van der Waals surface area contributed by atoms with Crippen LogP contribution in [0.4, 0.5) is 0 Å². The summed E-state index contributed by atoms with van der Waals surface area (Å²) in [6.45, 7) is 0.153. The van der Waals surface area contributed by atoms with Crippen LogP contribution in [0.1, 0.15) is 5.56 Å². The van der Waals surface area contributed by atoms with Gasteiger partial charge in [-0.25, -0.2) is 4.79 Å². The lowest BCUT2D eigenvalue weighted by Gasteiger charge is -2.29. The van der Waals surface area contributed by atoms with Crippen molar-refractivity contribution in [3.8, 4) is 0 Å². The molecule has 0 aromatic heterocycles. The molecule has 0 spiro atoms. The summed E-state index contributed by atoms with van der Waals surface area (Å²) in [5.74, 6) is -1.25. The number of rotatable bonds is 13. The van der Waals surface area contributed by atoms with E-state index in [1.165, 1.54) is 0 Å². The molecular formula is C37H32O6P2. The number of esters is 1. The monoisotopic (exact) mass is 634 g/mol. The molecule has 0 bridgehead atoms. The Balaban J connectivity index is 1.33. The molecule has 0 aliphatic carbocycles. The van der Waals surface area contributed by atoms with Gasteiger partial charge < -0.3 is 23.6 Å². The van der Waals surface area contributed by atoms with Gasteiger partial charge in [-0.3, -0.25) is 0 Å². The SMILES string of the molecule is O=C1OC(C(COP(c2ccccc2)c2ccccc2)OP(c2ccccc2)c2ccccc2)C(O)=C1OCc1ccccc1. The van der Waals surface area contributed by atoms with Gasteiger partial charge in [0.25, 0.3) is 0 Å². The molecule has 45 heavy (non-hydrogen) atoms. The van der Waals surface area contributed by atoms with E-state index in [-0.39, 0.29) is 24.7 Å². The maximum Gasteiger partial charge on any atom is 0.378 e. The van der Waals surface area contributed by atoms with Gasteiger partial charge in [0, 0.05) is 21.2 Å². The van der Waals surface area contributed by atoms with E-state index in [2.05, 4.69) is 0 Å². The molecule has 5 aromatic carbocycles. The highest BCUT2D eigenvalue weighted by Gasteiger charge is 2.43. The molecule has 1 aliphatic heterocycles. The lowest BCUT2D eigenvalue weighted by molar-refractivity contribution is -0.147. The highest BCUT2D eigenvalue weighted by Crippen LogP contribution is 2.42. The number of carbonyl (C=O) groups is 1. The fourth-order valence-corrected chi connectivity index (χ4v) is 8.50. The maximum absolute atomic E-state index is 13.1. The van der Waals surface area contributed by atoms with Crippen LogP contribution in [0.5, 0.6) is 0 Å². The van der Waals surface area contributed by atoms with Gasteiger partial charge in [0.1, 0.15) is 12.7 Å². The summed E-state index contributed by atoms with van der Waals surface area (Å²) in [6, 6.07) is 49.3. The standard InChI is InChI=1S/C37H32O6P2/c38-34-35(42-37(39)36(34)40-26-28-16-6-1-7-17-28)33(43-45(31-22-12-4-13-23-31)32-24-14-5-15-25-32)27-41-44(29-18-8-2-9-19-29)30-20-10-3-11-21-30/h1-25,33,35,38H,26-27H2. The number of benzene rings is 5. The van der Waals surface area contributed by atoms with Gasteiger partial charge in [-0.15, -0.1) is 0 Å². The number of ether oxygens (including phenoxy) is 2. The quantitative estimate of drug-likeness (QED) is 0.120. The Hall–Kier alpha value is -4.31. The average molecular weight is 635 g/mol. The van der Waals surface area contributed by atoms with Crippen molar-refractivity contribution in [3.63, 3.8) is 0 Å². The van der Waals surface area contributed by atoms with Crippen LogP contribution in [-0.4, -0.2) is 29.9 Å². The van der Waals surface area contributed by atoms with E-state index in [1.807, 2.05) is 152 Å². The van der Waals surface area contributed by atoms with Crippen molar-refractivity contribution in [2.75, 3.05) is 6.61 Å². The van der Waals surface area contributed by atoms with E-state index in [4.69, 9.17) is 18.5 Å². The smallest absolute Gasteiger partial charge is 0.378 e. The zero-order valence-corrected chi connectivity index (χ0v) is 26.2. The van der Waals surface area contributed by atoms with Crippen LogP contribution in [0.3, 0.4) is 0 Å². The van der Waals surface area contributed by atoms with Gasteiger partial charge in [-0.05, 0) is 5.56 Å². The van der Waals surface area contributed by atoms with Crippen molar-refractivity contribution >= 4 is 43.5 Å². The van der Waals surface area contributed by atoms with Crippen molar-refractivity contribution in [1.82, 2.24) is 0 Å². The van der Waals surface area contributed by atoms with Crippen LogP contribution in [0.2, 0.25) is 0 Å². The molecule has 6 nitrogen and oxygen atoms in total. The normalized spacial score (nSPS) is 15.3. The number of hydrogen-bond acceptors (Lipinski definition) is 6. The molecule has 1 heterocycles. The Bertz CT molecular complexity index is 1610. The first-order valence-corrected chi connectivity index (χ1v) is 17.1. The summed E-state index contributed by atoms with van der Waals surface area (Å²) >= 11 is 0. The van der Waals surface area contributed by atoms with Crippen molar-refractivity contribution in [2.24, 2.45) is 0 Å². The van der Waals surface area contributed by atoms with Crippen LogP contribution < -0.4 is 21.2 Å². The lowest BCUT2D eigenvalue weighted by Crippen LogP contribution is -2.36. The maximum atomic E-state index is 13.1. The zero-order chi connectivity index (χ0) is 30.8. The summed E-state index contributed by atoms with van der Waals surface area (Å²) in [5.41, 5.74) is 0.859. The van der Waals surface area contributed by atoms with Crippen LogP contribution in [0.25, 0.3) is 0 Å². The molecule has 0 saturated carbocycles. The van der Waals surface area contributed by atoms with Gasteiger partial charge in [-0.2, -0.15) is 0 Å². The van der Waals surface area contributed by atoms with Crippen molar-refractivity contribution in [2.45, 2.75) is 18.8 Å². The Morgan fingerprint density at radius 1 is 0.622 bits per heavy atom. The second-order valence-corrected chi connectivity index (χ2v) is 13.9. The molecule has 8 heteroatoms. The molecule has 1 N–H and O–H groups in total. The molecule has 2 atom stereocenters. The number of aliphatic hydroxyl groups is 1. The first-order chi connectivity index (χ1) is 22.2. The fourth-order valence-electron chi connectivity index (χ4n) is 4.85. The summed E-state index contributed by atoms with van der Waals surface area (Å²) in [6.07, 6.45) is -1.97. The van der Waals surface area contributed by atoms with Crippen molar-refractivity contribution < 1.29 is 28.4 Å². The van der Waals surface area contributed by atoms with E-state index in [0.29, 0.717) is 0 Å². The van der Waals surface area contributed by atoms with E-state index >= 15 is 0 Å². The third-order valence-electron chi connectivity index (χ3n) is 7.06. The molecule has 5 aromatic rings. The topological polar surface area (TPSA) is 74.2 Å². The summed E-state index contributed by atoms with van der Waals surface area (Å²) in [5, 5.41) is 15.4. The predicted octanol–water partition coefficient (Wildman–Crippen LogP) is 6.40. The van der Waals surface area contributed by atoms with Gasteiger partial charge in [0.05, 0.1) is 22.9 Å². The van der Waals surface area contributed by atoms with Crippen LogP contribution in [0.15, 0.2) is 163 Å². The van der Waals surface area contributed by atoms with Gasteiger partial charge in [-0.1, -0.05) is 152 Å². The first-order valence-electron chi connectivity index (χ1n) is 14.6. The van der Waals surface area contributed by atoms with Crippen LogP contribution in [0, 0.1) is 0 Å². The Labute approximate surface area is 265 Å². The molecule has 0 fully saturated rings. The van der Waals surface area contributed by atoms with Gasteiger partial charge in [0.15, 0.2) is 11.9 Å². The molecule has 226 valence electrons. The summed E-state index contributed by atoms with van der Waals surface area (Å²) in [7, 11) is -2.62. The number of aliphatic hydroxyl groups excluding tert-OH is 1. The molecule has 0 saturated heterocycles. The van der Waals surface area contributed by atoms with E-state index in [9.17, 15) is 9.90 Å². The van der Waals surface area contributed by atoms with Gasteiger partial charge >= 0.3 is 5.97 Å². The minimum atomic E-state index is -1.38. The average Bonchev–Trinajstić information content (AvgIpc) is 3.39. The molecule has 0 amide bonds. The number of carbonyl (C=O) groups excluding carboxylic acids is 1. The molecule has 6 rings (SSSR count). The predicted molar refractivity (Wildman–Crippen MR) is 180 cm³/mol. The van der Waals surface area contributed by atoms with Crippen molar-refractivity contribution in [1.29, 1.82) is 0 Å². The Morgan fingerprint density at radius 3 is 1.51 bits per heavy atom. The van der Waals surface area contributed by atoms with E-state index < -0.39 is 34.5 Å². The van der Waals surface area contributed by atoms with E-state index in [1.54, 1.807) is 0 Å². The van der Waals surface area contributed by atoms with E-state index in [0.717, 1.165) is 26.8 Å². The van der Waals surface area contributed by atoms with Gasteiger partial charge in [0.2, 0.25) is 5.76 Å². The largest absolute Gasteiger partial charge is 0.505 e. The number of cyclic esters (lactones) is 1. The molecular weight excluding hydrogens is 602 g/mol. The Morgan fingerprint density at radius 2 is 1.04 bits per heavy atom. The number of hydrogen-bond donors (Lipinski definition) is 1. The highest BCUT2D eigenvalue weighted by atomic mass is 31.1. The molecule has 1 aliphatic rings. The third kappa shape index (κ3) is 7.68. The highest BCUT2D eigenvalue weighted by molar-refractivity contribution is 7.69. The second kappa shape index (κ2) is 15.1. The summed E-state index contributed by atoms with van der Waals surface area (Å²) in [4.78, 5) is 13.1. The minimum Gasteiger partial charge on any atom is -0.505 e. The zero-order valence-electron chi connectivity index (χ0n) is 24.4. The third-order valence-corrected chi connectivity index (χ3v) is 11.0. The minimum absolute atomic E-state index is 0.0436. The second-order valence-electron chi connectivity index (χ2n) is 10.2. The Kier molecular flexibility index (Phi) is 10.3. The molecule has 0 radical (unpaired) electrons. The summed E-state index contributed by atoms with van der Waals surface area (Å²) < 4.78 is 25.2. The molecule has 2 unspecified atom stereocenters. The van der Waals surface area contributed by atoms with Crippen LogP contribution >= 0.6 is 16.3 Å². The lowest BCUT2D eigenvalue weighted by atomic mass is 10.2. The van der Waals surface area contributed by atoms with Crippen molar-refractivity contribution in [3.05, 3.63) is 169 Å².